The zero-order valence-electron chi connectivity index (χ0n) is 7.99. The Kier molecular flexibility index (Phi) is 5.71. The molecule has 0 aliphatic rings. The monoisotopic (exact) mass is 201 g/mol. The molecule has 2 nitrogen and oxygen atoms in total. The molecule has 1 aromatic rings. The van der Waals surface area contributed by atoms with Crippen molar-refractivity contribution in [3.63, 3.8) is 0 Å². The second-order valence-electron chi connectivity index (χ2n) is 2.97. The number of halogens is 1. The molecule has 0 bridgehead atoms. The van der Waals surface area contributed by atoms with Gasteiger partial charge in [0, 0.05) is 7.11 Å². The van der Waals surface area contributed by atoms with Gasteiger partial charge in [0.1, 0.15) is 0 Å². The zero-order chi connectivity index (χ0) is 8.97. The van der Waals surface area contributed by atoms with Crippen molar-refractivity contribution in [1.82, 2.24) is 0 Å². The van der Waals surface area contributed by atoms with Gasteiger partial charge in [-0.25, -0.2) is 0 Å². The molecule has 1 aromatic carbocycles. The molecule has 0 aliphatic carbocycles. The van der Waals surface area contributed by atoms with Crippen molar-refractivity contribution in [3.8, 4) is 0 Å². The van der Waals surface area contributed by atoms with Gasteiger partial charge in [-0.2, -0.15) is 0 Å². The molecule has 1 unspecified atom stereocenters. The Hall–Kier alpha value is -0.570. The van der Waals surface area contributed by atoms with E-state index in [0.29, 0.717) is 6.61 Å². The third-order valence-electron chi connectivity index (χ3n) is 1.85. The first-order valence-corrected chi connectivity index (χ1v) is 4.05. The molecule has 0 aromatic heterocycles. The van der Waals surface area contributed by atoms with E-state index in [2.05, 4.69) is 19.1 Å². The van der Waals surface area contributed by atoms with Gasteiger partial charge in [-0.3, -0.25) is 0 Å². The fourth-order valence-electron chi connectivity index (χ4n) is 1.09. The highest BCUT2D eigenvalue weighted by atomic mass is 35.5. The molecule has 0 heterocycles. The molecule has 13 heavy (non-hydrogen) atoms. The molecule has 1 rings (SSSR count). The molecule has 0 saturated carbocycles. The minimum atomic E-state index is -0.00407. The van der Waals surface area contributed by atoms with Crippen molar-refractivity contribution in [3.05, 3.63) is 35.4 Å². The first-order chi connectivity index (χ1) is 5.74. The van der Waals surface area contributed by atoms with Crippen molar-refractivity contribution in [2.24, 2.45) is 5.73 Å². The maximum atomic E-state index is 5.83. The summed E-state index contributed by atoms with van der Waals surface area (Å²) < 4.78 is 4.96. The van der Waals surface area contributed by atoms with Crippen LogP contribution in [0.5, 0.6) is 0 Å². The Labute approximate surface area is 85.5 Å². The number of aryl methyl sites for hydroxylation is 1. The maximum absolute atomic E-state index is 5.83. The molecule has 0 spiro atoms. The van der Waals surface area contributed by atoms with E-state index in [1.165, 1.54) is 5.56 Å². The van der Waals surface area contributed by atoms with Crippen molar-refractivity contribution in [2.45, 2.75) is 13.0 Å². The van der Waals surface area contributed by atoms with E-state index in [0.717, 1.165) is 5.56 Å². The summed E-state index contributed by atoms with van der Waals surface area (Å²) in [7, 11) is 1.66. The van der Waals surface area contributed by atoms with E-state index in [-0.39, 0.29) is 18.4 Å². The van der Waals surface area contributed by atoms with Crippen LogP contribution in [0.1, 0.15) is 17.2 Å². The van der Waals surface area contributed by atoms with Gasteiger partial charge in [0.15, 0.2) is 0 Å². The minimum absolute atomic E-state index is 0. The van der Waals surface area contributed by atoms with Crippen LogP contribution in [0.15, 0.2) is 24.3 Å². The molecule has 0 radical (unpaired) electrons. The van der Waals surface area contributed by atoms with Crippen LogP contribution in [0, 0.1) is 6.92 Å². The third-order valence-corrected chi connectivity index (χ3v) is 1.85. The van der Waals surface area contributed by atoms with Crippen LogP contribution < -0.4 is 5.73 Å². The molecule has 2 N–H and O–H groups in total. The van der Waals surface area contributed by atoms with Gasteiger partial charge >= 0.3 is 0 Å². The number of rotatable bonds is 3. The van der Waals surface area contributed by atoms with Crippen LogP contribution >= 0.6 is 12.4 Å². The number of benzene rings is 1. The summed E-state index contributed by atoms with van der Waals surface area (Å²) in [4.78, 5) is 0. The Bertz CT molecular complexity index is 235. The molecule has 0 aliphatic heterocycles. The number of hydrogen-bond donors (Lipinski definition) is 1. The Morgan fingerprint density at radius 3 is 2.31 bits per heavy atom. The summed E-state index contributed by atoms with van der Waals surface area (Å²) in [6.45, 7) is 2.63. The second-order valence-corrected chi connectivity index (χ2v) is 2.97. The van der Waals surface area contributed by atoms with E-state index in [4.69, 9.17) is 10.5 Å². The standard InChI is InChI=1S/C10H15NO.ClH/c1-8-3-5-9(6-4-8)10(11)7-12-2;/h3-6,10H,7,11H2,1-2H3;1H. The van der Waals surface area contributed by atoms with E-state index >= 15 is 0 Å². The van der Waals surface area contributed by atoms with Crippen molar-refractivity contribution < 1.29 is 4.74 Å². The van der Waals surface area contributed by atoms with E-state index in [9.17, 15) is 0 Å². The van der Waals surface area contributed by atoms with Crippen molar-refractivity contribution >= 4 is 12.4 Å². The lowest BCUT2D eigenvalue weighted by atomic mass is 10.1. The van der Waals surface area contributed by atoms with Crippen LogP contribution in [0.3, 0.4) is 0 Å². The average molecular weight is 202 g/mol. The van der Waals surface area contributed by atoms with Gasteiger partial charge in [0.25, 0.3) is 0 Å². The summed E-state index contributed by atoms with van der Waals surface area (Å²) in [5.41, 5.74) is 8.21. The van der Waals surface area contributed by atoms with Gasteiger partial charge in [0.05, 0.1) is 12.6 Å². The van der Waals surface area contributed by atoms with Crippen LogP contribution in [-0.2, 0) is 4.74 Å². The van der Waals surface area contributed by atoms with Crippen LogP contribution in [0.2, 0.25) is 0 Å². The molecular formula is C10H16ClNO. The predicted molar refractivity (Wildman–Crippen MR) is 57.2 cm³/mol. The number of nitrogens with two attached hydrogens (primary N) is 1. The minimum Gasteiger partial charge on any atom is -0.383 e. The fraction of sp³-hybridized carbons (Fsp3) is 0.400. The number of hydrogen-bond acceptors (Lipinski definition) is 2. The van der Waals surface area contributed by atoms with Gasteiger partial charge in [-0.1, -0.05) is 29.8 Å². The summed E-state index contributed by atoms with van der Waals surface area (Å²) in [6, 6.07) is 8.20. The number of ether oxygens (including phenoxy) is 1. The first-order valence-electron chi connectivity index (χ1n) is 4.05. The number of methoxy groups -OCH3 is 1. The second kappa shape index (κ2) is 5.97. The zero-order valence-corrected chi connectivity index (χ0v) is 8.80. The highest BCUT2D eigenvalue weighted by Crippen LogP contribution is 2.10. The smallest absolute Gasteiger partial charge is 0.0655 e. The van der Waals surface area contributed by atoms with Crippen LogP contribution in [0.4, 0.5) is 0 Å². The van der Waals surface area contributed by atoms with Gasteiger partial charge in [0.2, 0.25) is 0 Å². The molecule has 0 fully saturated rings. The molecular weight excluding hydrogens is 186 g/mol. The molecule has 0 saturated heterocycles. The average Bonchev–Trinajstić information content (AvgIpc) is 2.06. The van der Waals surface area contributed by atoms with Crippen molar-refractivity contribution in [1.29, 1.82) is 0 Å². The predicted octanol–water partition coefficient (Wildman–Crippen LogP) is 2.06. The van der Waals surface area contributed by atoms with Crippen LogP contribution in [-0.4, -0.2) is 13.7 Å². The molecule has 0 amide bonds. The van der Waals surface area contributed by atoms with E-state index in [1.807, 2.05) is 12.1 Å². The summed E-state index contributed by atoms with van der Waals surface area (Å²) in [6.07, 6.45) is 0. The van der Waals surface area contributed by atoms with E-state index in [1.54, 1.807) is 7.11 Å². The van der Waals surface area contributed by atoms with Crippen LogP contribution in [0.25, 0.3) is 0 Å². The lowest BCUT2D eigenvalue weighted by Crippen LogP contribution is -2.15. The highest BCUT2D eigenvalue weighted by Gasteiger charge is 2.03. The van der Waals surface area contributed by atoms with Gasteiger partial charge in [-0.05, 0) is 12.5 Å². The summed E-state index contributed by atoms with van der Waals surface area (Å²) in [5, 5.41) is 0. The Morgan fingerprint density at radius 2 is 1.85 bits per heavy atom. The lowest BCUT2D eigenvalue weighted by molar-refractivity contribution is 0.181. The Balaban J connectivity index is 0.00000144. The lowest BCUT2D eigenvalue weighted by Gasteiger charge is -2.10. The maximum Gasteiger partial charge on any atom is 0.0655 e. The first kappa shape index (κ1) is 12.4. The normalized spacial score (nSPS) is 11.9. The largest absolute Gasteiger partial charge is 0.383 e. The molecule has 1 atom stereocenters. The third kappa shape index (κ3) is 3.77. The fourth-order valence-corrected chi connectivity index (χ4v) is 1.09. The quantitative estimate of drug-likeness (QED) is 0.813. The Morgan fingerprint density at radius 1 is 1.31 bits per heavy atom. The summed E-state index contributed by atoms with van der Waals surface area (Å²) in [5.74, 6) is 0. The van der Waals surface area contributed by atoms with Gasteiger partial charge in [-0.15, -0.1) is 12.4 Å². The topological polar surface area (TPSA) is 35.2 Å². The molecule has 3 heteroatoms. The van der Waals surface area contributed by atoms with E-state index < -0.39 is 0 Å². The SMILES string of the molecule is COCC(N)c1ccc(C)cc1.Cl. The molecule has 74 valence electrons. The van der Waals surface area contributed by atoms with Crippen molar-refractivity contribution in [2.75, 3.05) is 13.7 Å². The highest BCUT2D eigenvalue weighted by molar-refractivity contribution is 5.85. The summed E-state index contributed by atoms with van der Waals surface area (Å²) >= 11 is 0. The van der Waals surface area contributed by atoms with Gasteiger partial charge < -0.3 is 10.5 Å².